The zero-order valence-electron chi connectivity index (χ0n) is 10.1. The maximum absolute atomic E-state index is 13.7. The van der Waals surface area contributed by atoms with Crippen molar-refractivity contribution in [3.8, 4) is 0 Å². The largest absolute Gasteiger partial charge is 0.329 e. The van der Waals surface area contributed by atoms with Gasteiger partial charge in [0.1, 0.15) is 5.82 Å². The summed E-state index contributed by atoms with van der Waals surface area (Å²) in [5.74, 6) is -0.293. The van der Waals surface area contributed by atoms with Gasteiger partial charge in [-0.15, -0.1) is 0 Å². The number of anilines is 2. The van der Waals surface area contributed by atoms with Gasteiger partial charge < -0.3 is 5.32 Å². The van der Waals surface area contributed by atoms with Crippen LogP contribution in [0.5, 0.6) is 0 Å². The molecule has 2 nitrogen and oxygen atoms in total. The Morgan fingerprint density at radius 1 is 1.21 bits per heavy atom. The number of hydrogen-bond acceptors (Lipinski definition) is 3. The monoisotopic (exact) mass is 336 g/mol. The zero-order valence-corrected chi connectivity index (χ0v) is 12.5. The molecule has 1 N–H and O–H groups in total. The molecule has 3 aromatic rings. The SMILES string of the molecule is Cc1ccc2sc(Nc3cc(Br)ccc3F)nc2c1. The van der Waals surface area contributed by atoms with Crippen molar-refractivity contribution in [1.29, 1.82) is 0 Å². The predicted molar refractivity (Wildman–Crippen MR) is 81.7 cm³/mol. The van der Waals surface area contributed by atoms with Crippen molar-refractivity contribution in [1.82, 2.24) is 4.98 Å². The minimum atomic E-state index is -0.293. The Morgan fingerprint density at radius 2 is 2.05 bits per heavy atom. The fourth-order valence-electron chi connectivity index (χ4n) is 1.80. The first-order chi connectivity index (χ1) is 9.11. The Hall–Kier alpha value is -1.46. The summed E-state index contributed by atoms with van der Waals surface area (Å²) >= 11 is 4.84. The number of hydrogen-bond donors (Lipinski definition) is 1. The molecule has 5 heteroatoms. The number of halogens is 2. The molecule has 19 heavy (non-hydrogen) atoms. The average molecular weight is 337 g/mol. The Kier molecular flexibility index (Phi) is 3.24. The molecule has 0 fully saturated rings. The van der Waals surface area contributed by atoms with Crippen LogP contribution in [0.1, 0.15) is 5.56 Å². The lowest BCUT2D eigenvalue weighted by atomic mass is 10.2. The van der Waals surface area contributed by atoms with Crippen molar-refractivity contribution < 1.29 is 4.39 Å². The highest BCUT2D eigenvalue weighted by atomic mass is 79.9. The van der Waals surface area contributed by atoms with E-state index in [4.69, 9.17) is 0 Å². The predicted octanol–water partition coefficient (Wildman–Crippen LogP) is 5.25. The van der Waals surface area contributed by atoms with Gasteiger partial charge in [-0.1, -0.05) is 33.3 Å². The average Bonchev–Trinajstić information content (AvgIpc) is 2.75. The fraction of sp³-hybridized carbons (Fsp3) is 0.0714. The van der Waals surface area contributed by atoms with Crippen molar-refractivity contribution in [3.05, 3.63) is 52.3 Å². The van der Waals surface area contributed by atoms with Crippen LogP contribution >= 0.6 is 27.3 Å². The lowest BCUT2D eigenvalue weighted by Gasteiger charge is -2.04. The van der Waals surface area contributed by atoms with Crippen LogP contribution in [0.15, 0.2) is 40.9 Å². The molecule has 1 heterocycles. The number of aryl methyl sites for hydroxylation is 1. The molecule has 0 atom stereocenters. The first-order valence-electron chi connectivity index (χ1n) is 5.71. The summed E-state index contributed by atoms with van der Waals surface area (Å²) in [6, 6.07) is 10.9. The molecule has 0 saturated heterocycles. The number of aromatic nitrogens is 1. The topological polar surface area (TPSA) is 24.9 Å². The number of nitrogens with one attached hydrogen (secondary N) is 1. The third-order valence-corrected chi connectivity index (χ3v) is 4.16. The van der Waals surface area contributed by atoms with Gasteiger partial charge in [0.15, 0.2) is 5.13 Å². The van der Waals surface area contributed by atoms with Gasteiger partial charge in [-0.2, -0.15) is 0 Å². The second-order valence-corrected chi connectivity index (χ2v) is 6.19. The molecule has 1 aromatic heterocycles. The summed E-state index contributed by atoms with van der Waals surface area (Å²) in [5, 5.41) is 3.72. The molecule has 0 unspecified atom stereocenters. The van der Waals surface area contributed by atoms with E-state index in [1.807, 2.05) is 25.1 Å². The zero-order chi connectivity index (χ0) is 13.4. The van der Waals surface area contributed by atoms with E-state index in [0.717, 1.165) is 20.3 Å². The Bertz CT molecular complexity index is 754. The molecular formula is C14H10BrFN2S. The summed E-state index contributed by atoms with van der Waals surface area (Å²) in [7, 11) is 0. The summed E-state index contributed by atoms with van der Waals surface area (Å²) in [5.41, 5.74) is 2.52. The number of rotatable bonds is 2. The van der Waals surface area contributed by atoms with Gasteiger partial charge in [-0.05, 0) is 42.8 Å². The van der Waals surface area contributed by atoms with Crippen molar-refractivity contribution in [2.45, 2.75) is 6.92 Å². The van der Waals surface area contributed by atoms with Crippen LogP contribution in [0, 0.1) is 12.7 Å². The minimum Gasteiger partial charge on any atom is -0.329 e. The molecule has 2 aromatic carbocycles. The fourth-order valence-corrected chi connectivity index (χ4v) is 3.02. The van der Waals surface area contributed by atoms with Crippen LogP contribution < -0.4 is 5.32 Å². The molecule has 0 radical (unpaired) electrons. The molecule has 3 rings (SSSR count). The van der Waals surface area contributed by atoms with Gasteiger partial charge in [0.25, 0.3) is 0 Å². The number of benzene rings is 2. The van der Waals surface area contributed by atoms with E-state index in [-0.39, 0.29) is 5.82 Å². The summed E-state index contributed by atoms with van der Waals surface area (Å²) in [6.45, 7) is 2.03. The molecule has 0 saturated carbocycles. The van der Waals surface area contributed by atoms with Gasteiger partial charge in [-0.25, -0.2) is 9.37 Å². The van der Waals surface area contributed by atoms with E-state index < -0.39 is 0 Å². The molecule has 0 aliphatic carbocycles. The first kappa shape index (κ1) is 12.6. The van der Waals surface area contributed by atoms with Crippen LogP contribution in [0.25, 0.3) is 10.2 Å². The van der Waals surface area contributed by atoms with Gasteiger partial charge in [0.2, 0.25) is 0 Å². The molecule has 96 valence electrons. The minimum absolute atomic E-state index is 0.293. The van der Waals surface area contributed by atoms with Crippen LogP contribution in [0.3, 0.4) is 0 Å². The van der Waals surface area contributed by atoms with Crippen LogP contribution in [-0.4, -0.2) is 4.98 Å². The third kappa shape index (κ3) is 2.62. The third-order valence-electron chi connectivity index (χ3n) is 2.71. The Labute approximate surface area is 122 Å². The van der Waals surface area contributed by atoms with Crippen LogP contribution in [-0.2, 0) is 0 Å². The van der Waals surface area contributed by atoms with E-state index in [0.29, 0.717) is 10.8 Å². The van der Waals surface area contributed by atoms with Gasteiger partial charge in [0, 0.05) is 4.47 Å². The molecule has 0 bridgehead atoms. The standard InChI is InChI=1S/C14H10BrFN2S/c1-8-2-5-13-12(6-8)18-14(19-13)17-11-7-9(15)3-4-10(11)16/h2-7H,1H3,(H,17,18). The maximum Gasteiger partial charge on any atom is 0.188 e. The molecule has 0 amide bonds. The van der Waals surface area contributed by atoms with E-state index in [2.05, 4.69) is 26.2 Å². The first-order valence-corrected chi connectivity index (χ1v) is 7.32. The summed E-state index contributed by atoms with van der Waals surface area (Å²) < 4.78 is 15.6. The van der Waals surface area contributed by atoms with Gasteiger partial charge in [-0.3, -0.25) is 0 Å². The normalized spacial score (nSPS) is 10.9. The Balaban J connectivity index is 1.98. The van der Waals surface area contributed by atoms with Crippen molar-refractivity contribution in [2.24, 2.45) is 0 Å². The molecule has 0 aliphatic heterocycles. The lowest BCUT2D eigenvalue weighted by Crippen LogP contribution is -1.92. The van der Waals surface area contributed by atoms with Crippen molar-refractivity contribution in [3.63, 3.8) is 0 Å². The number of thiazole rings is 1. The van der Waals surface area contributed by atoms with E-state index in [1.54, 1.807) is 12.1 Å². The van der Waals surface area contributed by atoms with Crippen molar-refractivity contribution >= 4 is 48.3 Å². The second-order valence-electron chi connectivity index (χ2n) is 4.24. The van der Waals surface area contributed by atoms with E-state index >= 15 is 0 Å². The highest BCUT2D eigenvalue weighted by Crippen LogP contribution is 2.30. The number of fused-ring (bicyclic) bond motifs is 1. The molecule has 0 spiro atoms. The van der Waals surface area contributed by atoms with Gasteiger partial charge in [0.05, 0.1) is 15.9 Å². The Morgan fingerprint density at radius 3 is 2.89 bits per heavy atom. The van der Waals surface area contributed by atoms with E-state index in [9.17, 15) is 4.39 Å². The smallest absolute Gasteiger partial charge is 0.188 e. The van der Waals surface area contributed by atoms with Gasteiger partial charge >= 0.3 is 0 Å². The quantitative estimate of drug-likeness (QED) is 0.691. The highest BCUT2D eigenvalue weighted by Gasteiger charge is 2.07. The van der Waals surface area contributed by atoms with Crippen LogP contribution in [0.4, 0.5) is 15.2 Å². The van der Waals surface area contributed by atoms with Crippen molar-refractivity contribution in [2.75, 3.05) is 5.32 Å². The second kappa shape index (κ2) is 4.90. The molecule has 0 aliphatic rings. The maximum atomic E-state index is 13.7. The van der Waals surface area contributed by atoms with Crippen LogP contribution in [0.2, 0.25) is 0 Å². The summed E-state index contributed by atoms with van der Waals surface area (Å²) in [4.78, 5) is 4.47. The summed E-state index contributed by atoms with van der Waals surface area (Å²) in [6.07, 6.45) is 0. The highest BCUT2D eigenvalue weighted by molar-refractivity contribution is 9.10. The number of nitrogens with zero attached hydrogens (tertiary/aromatic N) is 1. The van der Waals surface area contributed by atoms with E-state index in [1.165, 1.54) is 17.4 Å². The molecular weight excluding hydrogens is 327 g/mol. The lowest BCUT2D eigenvalue weighted by molar-refractivity contribution is 0.631.